The summed E-state index contributed by atoms with van der Waals surface area (Å²) in [7, 11) is 0. The van der Waals surface area contributed by atoms with Gasteiger partial charge < -0.3 is 5.32 Å². The van der Waals surface area contributed by atoms with E-state index in [1.54, 1.807) is 4.40 Å². The van der Waals surface area contributed by atoms with E-state index in [9.17, 15) is 9.59 Å². The zero-order valence-corrected chi connectivity index (χ0v) is 13.1. The van der Waals surface area contributed by atoms with E-state index in [0.29, 0.717) is 10.9 Å². The fraction of sp³-hybridized carbons (Fsp3) is 0.462. The largest absolute Gasteiger partial charge is 0.335 e. The van der Waals surface area contributed by atoms with Gasteiger partial charge in [-0.3, -0.25) is 14.5 Å². The van der Waals surface area contributed by atoms with Gasteiger partial charge in [-0.2, -0.15) is 0 Å². The van der Waals surface area contributed by atoms with Gasteiger partial charge in [-0.25, -0.2) is 9.78 Å². The molecule has 1 aliphatic carbocycles. The molecule has 0 radical (unpaired) electrons. The Morgan fingerprint density at radius 3 is 2.86 bits per heavy atom. The minimum Gasteiger partial charge on any atom is -0.335 e. The Balaban J connectivity index is 1.61. The molecule has 2 aromatic heterocycles. The summed E-state index contributed by atoms with van der Waals surface area (Å²) in [5.74, 6) is 0.233. The zero-order valence-electron chi connectivity index (χ0n) is 12.3. The van der Waals surface area contributed by atoms with Crippen molar-refractivity contribution in [2.75, 3.05) is 5.75 Å². The summed E-state index contributed by atoms with van der Waals surface area (Å²) in [6.07, 6.45) is 1.96. The van der Waals surface area contributed by atoms with Crippen LogP contribution in [0.2, 0.25) is 0 Å². The van der Waals surface area contributed by atoms with E-state index < -0.39 is 6.03 Å². The lowest BCUT2D eigenvalue weighted by molar-refractivity contribution is -0.117. The van der Waals surface area contributed by atoms with Crippen LogP contribution in [0.4, 0.5) is 4.79 Å². The average molecular weight is 320 g/mol. The summed E-state index contributed by atoms with van der Waals surface area (Å²) in [5, 5.41) is 13.6. The third-order valence-corrected chi connectivity index (χ3v) is 4.09. The molecule has 116 valence electrons. The lowest BCUT2D eigenvalue weighted by atomic mass is 10.3. The Labute approximate surface area is 131 Å². The second-order valence-electron chi connectivity index (χ2n) is 5.24. The Hall–Kier alpha value is -2.16. The first-order valence-corrected chi connectivity index (χ1v) is 7.94. The molecule has 1 aliphatic rings. The van der Waals surface area contributed by atoms with E-state index in [2.05, 4.69) is 25.8 Å². The number of carbonyl (C=O) groups is 2. The number of fused-ring (bicyclic) bond motifs is 1. The molecule has 3 amide bonds. The molecule has 0 aromatic carbocycles. The number of hydrogen-bond donors (Lipinski definition) is 2. The van der Waals surface area contributed by atoms with Crippen molar-refractivity contribution in [3.05, 3.63) is 17.5 Å². The van der Waals surface area contributed by atoms with Gasteiger partial charge in [0, 0.05) is 17.4 Å². The normalized spacial score (nSPS) is 14.1. The number of urea groups is 1. The Kier molecular flexibility index (Phi) is 3.97. The van der Waals surface area contributed by atoms with Gasteiger partial charge in [0.05, 0.1) is 5.75 Å². The summed E-state index contributed by atoms with van der Waals surface area (Å²) in [6, 6.07) is 1.70. The zero-order chi connectivity index (χ0) is 15.7. The minimum atomic E-state index is -0.437. The fourth-order valence-corrected chi connectivity index (χ4v) is 2.82. The first kappa shape index (κ1) is 14.8. The average Bonchev–Trinajstić information content (AvgIpc) is 3.14. The highest BCUT2D eigenvalue weighted by molar-refractivity contribution is 7.99. The monoisotopic (exact) mass is 320 g/mol. The predicted molar refractivity (Wildman–Crippen MR) is 80.7 cm³/mol. The van der Waals surface area contributed by atoms with Crippen molar-refractivity contribution >= 4 is 29.5 Å². The maximum Gasteiger partial charge on any atom is 0.321 e. The molecule has 1 fully saturated rings. The molecule has 8 nitrogen and oxygen atoms in total. The van der Waals surface area contributed by atoms with Crippen molar-refractivity contribution < 1.29 is 9.59 Å². The number of aromatic nitrogens is 4. The first-order valence-electron chi connectivity index (χ1n) is 6.95. The van der Waals surface area contributed by atoms with E-state index in [1.165, 1.54) is 11.8 Å². The first-order chi connectivity index (χ1) is 10.5. The van der Waals surface area contributed by atoms with E-state index in [4.69, 9.17) is 0 Å². The number of nitrogens with one attached hydrogen (secondary N) is 2. The van der Waals surface area contributed by atoms with Crippen LogP contribution < -0.4 is 10.6 Å². The molecule has 2 aromatic rings. The van der Waals surface area contributed by atoms with Crippen LogP contribution in [0, 0.1) is 13.8 Å². The highest BCUT2D eigenvalue weighted by Gasteiger charge is 2.24. The second-order valence-corrected chi connectivity index (χ2v) is 6.18. The molecule has 0 bridgehead atoms. The molecule has 0 saturated heterocycles. The van der Waals surface area contributed by atoms with Gasteiger partial charge in [-0.1, -0.05) is 11.8 Å². The number of rotatable bonds is 4. The van der Waals surface area contributed by atoms with Crippen molar-refractivity contribution in [1.29, 1.82) is 0 Å². The van der Waals surface area contributed by atoms with Crippen LogP contribution in [0.1, 0.15) is 24.2 Å². The van der Waals surface area contributed by atoms with Crippen molar-refractivity contribution in [2.45, 2.75) is 37.9 Å². The quantitative estimate of drug-likeness (QED) is 0.809. The van der Waals surface area contributed by atoms with Crippen LogP contribution in [0.15, 0.2) is 11.2 Å². The Bertz CT molecular complexity index is 739. The van der Waals surface area contributed by atoms with Crippen molar-refractivity contribution in [2.24, 2.45) is 0 Å². The van der Waals surface area contributed by atoms with Crippen LogP contribution in [0.25, 0.3) is 5.78 Å². The van der Waals surface area contributed by atoms with E-state index in [0.717, 1.165) is 24.2 Å². The number of nitrogens with zero attached hydrogens (tertiary/aromatic N) is 4. The topological polar surface area (TPSA) is 101 Å². The maximum absolute atomic E-state index is 11.8. The molecular formula is C13H16N6O2S. The number of carbonyl (C=O) groups excluding carboxylic acids is 2. The van der Waals surface area contributed by atoms with E-state index in [-0.39, 0.29) is 17.7 Å². The number of aryl methyl sites for hydroxylation is 2. The van der Waals surface area contributed by atoms with Gasteiger partial charge in [0.15, 0.2) is 5.16 Å². The second kappa shape index (κ2) is 5.91. The number of imide groups is 1. The fourth-order valence-electron chi connectivity index (χ4n) is 2.04. The van der Waals surface area contributed by atoms with Gasteiger partial charge in [-0.15, -0.1) is 10.2 Å². The number of hydrogen-bond acceptors (Lipinski definition) is 6. The molecule has 2 heterocycles. The highest BCUT2D eigenvalue weighted by atomic mass is 32.2. The van der Waals surface area contributed by atoms with Gasteiger partial charge in [0.1, 0.15) is 0 Å². The molecule has 0 aliphatic heterocycles. The molecule has 0 unspecified atom stereocenters. The molecule has 3 rings (SSSR count). The van der Waals surface area contributed by atoms with Crippen LogP contribution >= 0.6 is 11.8 Å². The lowest BCUT2D eigenvalue weighted by Gasteiger charge is -2.05. The van der Waals surface area contributed by atoms with Crippen molar-refractivity contribution in [3.8, 4) is 0 Å². The summed E-state index contributed by atoms with van der Waals surface area (Å²) in [5.41, 5.74) is 1.81. The van der Waals surface area contributed by atoms with E-state index >= 15 is 0 Å². The number of thioether (sulfide) groups is 1. The van der Waals surface area contributed by atoms with Crippen LogP contribution in [-0.4, -0.2) is 43.3 Å². The Morgan fingerprint density at radius 1 is 1.36 bits per heavy atom. The third-order valence-electron chi connectivity index (χ3n) is 3.16. The summed E-state index contributed by atoms with van der Waals surface area (Å²) < 4.78 is 1.79. The molecule has 2 N–H and O–H groups in total. The molecule has 9 heteroatoms. The summed E-state index contributed by atoms with van der Waals surface area (Å²) >= 11 is 1.22. The van der Waals surface area contributed by atoms with Crippen LogP contribution in [0.3, 0.4) is 0 Å². The predicted octanol–water partition coefficient (Wildman–Crippen LogP) is 0.821. The minimum absolute atomic E-state index is 0.0895. The molecule has 1 saturated carbocycles. The standard InChI is InChI=1S/C13H16N6O2S/c1-7-5-8(2)19-11(14-7)17-18-13(19)22-6-10(20)16-12(21)15-9-3-4-9/h5,9H,3-4,6H2,1-2H3,(H2,15,16,20,21). The maximum atomic E-state index is 11.8. The molecule has 0 spiro atoms. The van der Waals surface area contributed by atoms with Gasteiger partial charge >= 0.3 is 6.03 Å². The van der Waals surface area contributed by atoms with Crippen LogP contribution in [-0.2, 0) is 4.79 Å². The van der Waals surface area contributed by atoms with Gasteiger partial charge in [0.25, 0.3) is 5.78 Å². The lowest BCUT2D eigenvalue weighted by Crippen LogP contribution is -2.41. The third kappa shape index (κ3) is 3.35. The van der Waals surface area contributed by atoms with Gasteiger partial charge in [-0.05, 0) is 32.8 Å². The summed E-state index contributed by atoms with van der Waals surface area (Å²) in [4.78, 5) is 27.5. The van der Waals surface area contributed by atoms with Crippen LogP contribution in [0.5, 0.6) is 0 Å². The smallest absolute Gasteiger partial charge is 0.321 e. The molecule has 22 heavy (non-hydrogen) atoms. The van der Waals surface area contributed by atoms with E-state index in [1.807, 2.05) is 19.9 Å². The van der Waals surface area contributed by atoms with Gasteiger partial charge in [0.2, 0.25) is 5.91 Å². The molecular weight excluding hydrogens is 304 g/mol. The van der Waals surface area contributed by atoms with Crippen molar-refractivity contribution in [1.82, 2.24) is 30.2 Å². The summed E-state index contributed by atoms with van der Waals surface area (Å²) in [6.45, 7) is 3.82. The SMILES string of the molecule is Cc1cc(C)n2c(SCC(=O)NC(=O)NC3CC3)nnc2n1. The number of amides is 3. The Morgan fingerprint density at radius 2 is 2.14 bits per heavy atom. The van der Waals surface area contributed by atoms with Crippen molar-refractivity contribution in [3.63, 3.8) is 0 Å². The highest BCUT2D eigenvalue weighted by Crippen LogP contribution is 2.19. The molecule has 0 atom stereocenters.